The molecule has 3 fully saturated rings. The first-order chi connectivity index (χ1) is 14.9. The molecule has 4 heterocycles. The van der Waals surface area contributed by atoms with E-state index in [9.17, 15) is 18.8 Å². The average Bonchev–Trinajstić information content (AvgIpc) is 3.42. The van der Waals surface area contributed by atoms with Gasteiger partial charge in [0, 0.05) is 17.3 Å². The molecule has 3 saturated heterocycles. The van der Waals surface area contributed by atoms with E-state index in [0.717, 1.165) is 35.2 Å². The summed E-state index contributed by atoms with van der Waals surface area (Å²) < 4.78 is 13.5. The van der Waals surface area contributed by atoms with Gasteiger partial charge in [-0.15, -0.1) is 0 Å². The van der Waals surface area contributed by atoms with Crippen molar-refractivity contribution in [3.63, 3.8) is 0 Å². The van der Waals surface area contributed by atoms with Crippen LogP contribution in [0.3, 0.4) is 0 Å². The molecule has 2 aromatic carbocycles. The molecule has 1 spiro atoms. The minimum absolute atomic E-state index is 0.163. The summed E-state index contributed by atoms with van der Waals surface area (Å²) in [6, 6.07) is 9.21. The van der Waals surface area contributed by atoms with E-state index in [1.807, 2.05) is 26.0 Å². The lowest BCUT2D eigenvalue weighted by Gasteiger charge is -2.36. The van der Waals surface area contributed by atoms with Crippen molar-refractivity contribution in [3.05, 3.63) is 58.9 Å². The number of halogens is 1. The molecule has 7 heteroatoms. The van der Waals surface area contributed by atoms with Crippen molar-refractivity contribution in [1.29, 1.82) is 0 Å². The van der Waals surface area contributed by atoms with Gasteiger partial charge in [-0.3, -0.25) is 19.3 Å². The fourth-order valence-corrected chi connectivity index (χ4v) is 6.50. The van der Waals surface area contributed by atoms with Crippen molar-refractivity contribution in [2.75, 3.05) is 16.8 Å². The van der Waals surface area contributed by atoms with Crippen molar-refractivity contribution in [3.8, 4) is 0 Å². The Labute approximate surface area is 179 Å². The van der Waals surface area contributed by atoms with Gasteiger partial charge in [0.15, 0.2) is 0 Å². The van der Waals surface area contributed by atoms with E-state index < -0.39 is 23.2 Å². The Morgan fingerprint density at radius 1 is 1.06 bits per heavy atom. The van der Waals surface area contributed by atoms with Crippen LogP contribution >= 0.6 is 0 Å². The summed E-state index contributed by atoms with van der Waals surface area (Å²) >= 11 is 0. The zero-order chi connectivity index (χ0) is 21.7. The number of hydrogen-bond donors (Lipinski definition) is 1. The minimum atomic E-state index is -1.18. The van der Waals surface area contributed by atoms with Crippen LogP contribution in [0, 0.1) is 31.5 Å². The van der Waals surface area contributed by atoms with Gasteiger partial charge < -0.3 is 5.32 Å². The van der Waals surface area contributed by atoms with Gasteiger partial charge in [-0.2, -0.15) is 0 Å². The molecular formula is C24H22FN3O3. The maximum Gasteiger partial charge on any atom is 0.250 e. The quantitative estimate of drug-likeness (QED) is 0.722. The maximum absolute atomic E-state index is 13.8. The van der Waals surface area contributed by atoms with E-state index in [2.05, 4.69) is 10.2 Å². The molecule has 0 radical (unpaired) electrons. The lowest BCUT2D eigenvalue weighted by atomic mass is 9.75. The maximum atomic E-state index is 13.8. The Morgan fingerprint density at radius 2 is 1.81 bits per heavy atom. The number of rotatable bonds is 1. The van der Waals surface area contributed by atoms with Gasteiger partial charge in [-0.25, -0.2) is 9.29 Å². The number of aryl methyl sites for hydroxylation is 2. The molecule has 4 aliphatic heterocycles. The smallest absolute Gasteiger partial charge is 0.250 e. The number of hydrogen-bond acceptors (Lipinski definition) is 4. The normalized spacial score (nSPS) is 31.4. The predicted molar refractivity (Wildman–Crippen MR) is 112 cm³/mol. The third-order valence-corrected chi connectivity index (χ3v) is 7.53. The molecule has 4 atom stereocenters. The van der Waals surface area contributed by atoms with E-state index in [4.69, 9.17) is 0 Å². The fourth-order valence-electron chi connectivity index (χ4n) is 6.50. The topological polar surface area (TPSA) is 69.7 Å². The molecule has 31 heavy (non-hydrogen) atoms. The SMILES string of the molecule is Cc1cc(C)c2c(c1)[C@]1(C(=O)N2)[C@@H]2C(=O)N(c3ccc(F)cc3)C(=O)[C@@H]2[C@H]2CCCN21. The molecule has 6 rings (SSSR count). The van der Waals surface area contributed by atoms with Crippen molar-refractivity contribution in [2.45, 2.75) is 38.3 Å². The van der Waals surface area contributed by atoms with Gasteiger partial charge in [0.1, 0.15) is 11.4 Å². The van der Waals surface area contributed by atoms with Gasteiger partial charge in [-0.1, -0.05) is 17.7 Å². The standard InChI is InChI=1S/C24H22FN3O3/c1-12-10-13(2)20-16(11-12)24(23(31)26-20)19-18(17-4-3-9-27(17)24)21(29)28(22(19)30)15-7-5-14(25)6-8-15/h5-8,10-11,17-19H,3-4,9H2,1-2H3,(H,26,31)/t17-,18-,19+,24-/m1/s1. The van der Waals surface area contributed by atoms with Gasteiger partial charge >= 0.3 is 0 Å². The zero-order valence-corrected chi connectivity index (χ0v) is 17.3. The molecule has 4 aliphatic rings. The van der Waals surface area contributed by atoms with E-state index in [-0.39, 0.29) is 23.8 Å². The summed E-state index contributed by atoms with van der Waals surface area (Å²) in [6.07, 6.45) is 1.65. The second kappa shape index (κ2) is 6.01. The molecule has 3 amide bonds. The third kappa shape index (κ3) is 2.12. The highest BCUT2D eigenvalue weighted by Crippen LogP contribution is 2.61. The molecule has 0 unspecified atom stereocenters. The molecule has 158 valence electrons. The van der Waals surface area contributed by atoms with Gasteiger partial charge in [-0.05, 0) is 63.1 Å². The number of benzene rings is 2. The van der Waals surface area contributed by atoms with Crippen LogP contribution < -0.4 is 10.2 Å². The second-order valence-corrected chi connectivity index (χ2v) is 9.12. The minimum Gasteiger partial charge on any atom is -0.324 e. The molecule has 0 aliphatic carbocycles. The van der Waals surface area contributed by atoms with Gasteiger partial charge in [0.2, 0.25) is 17.7 Å². The molecule has 2 aromatic rings. The highest BCUT2D eigenvalue weighted by Gasteiger charge is 2.74. The molecule has 0 bridgehead atoms. The number of imide groups is 1. The van der Waals surface area contributed by atoms with E-state index in [1.54, 1.807) is 0 Å². The Morgan fingerprint density at radius 3 is 2.55 bits per heavy atom. The van der Waals surface area contributed by atoms with Gasteiger partial charge in [0.25, 0.3) is 0 Å². The summed E-state index contributed by atoms with van der Waals surface area (Å²) in [7, 11) is 0. The first kappa shape index (κ1) is 18.7. The summed E-state index contributed by atoms with van der Waals surface area (Å²) in [5.41, 5.74) is 2.69. The van der Waals surface area contributed by atoms with Crippen LogP contribution in [0.25, 0.3) is 0 Å². The number of carbonyl (C=O) groups excluding carboxylic acids is 3. The van der Waals surface area contributed by atoms with E-state index in [1.165, 1.54) is 29.2 Å². The Bertz CT molecular complexity index is 1180. The lowest BCUT2D eigenvalue weighted by molar-refractivity contribution is -0.135. The second-order valence-electron chi connectivity index (χ2n) is 9.12. The molecule has 1 N–H and O–H groups in total. The fraction of sp³-hybridized carbons (Fsp3) is 0.375. The average molecular weight is 419 g/mol. The number of nitrogens with one attached hydrogen (secondary N) is 1. The van der Waals surface area contributed by atoms with Crippen LogP contribution in [-0.4, -0.2) is 35.2 Å². The Hall–Kier alpha value is -3.06. The summed E-state index contributed by atoms with van der Waals surface area (Å²) in [6.45, 7) is 4.60. The van der Waals surface area contributed by atoms with Crippen molar-refractivity contribution in [1.82, 2.24) is 4.90 Å². The number of fused-ring (bicyclic) bond motifs is 7. The van der Waals surface area contributed by atoms with Crippen LogP contribution in [-0.2, 0) is 19.9 Å². The number of nitrogens with zero attached hydrogens (tertiary/aromatic N) is 2. The van der Waals surface area contributed by atoms with Crippen LogP contribution in [0.2, 0.25) is 0 Å². The highest BCUT2D eigenvalue weighted by molar-refractivity contribution is 6.25. The van der Waals surface area contributed by atoms with Crippen LogP contribution in [0.15, 0.2) is 36.4 Å². The summed E-state index contributed by atoms with van der Waals surface area (Å²) in [5, 5.41) is 3.04. The molecule has 6 nitrogen and oxygen atoms in total. The monoisotopic (exact) mass is 419 g/mol. The molecular weight excluding hydrogens is 397 g/mol. The van der Waals surface area contributed by atoms with E-state index >= 15 is 0 Å². The lowest BCUT2D eigenvalue weighted by Crippen LogP contribution is -2.54. The highest BCUT2D eigenvalue weighted by atomic mass is 19.1. The van der Waals surface area contributed by atoms with Crippen LogP contribution in [0.5, 0.6) is 0 Å². The van der Waals surface area contributed by atoms with Crippen molar-refractivity contribution in [2.24, 2.45) is 11.8 Å². The number of carbonyl (C=O) groups is 3. The molecule has 0 saturated carbocycles. The molecule has 0 aromatic heterocycles. The Kier molecular flexibility index (Phi) is 3.62. The van der Waals surface area contributed by atoms with E-state index in [0.29, 0.717) is 12.2 Å². The first-order valence-electron chi connectivity index (χ1n) is 10.7. The number of anilines is 2. The third-order valence-electron chi connectivity index (χ3n) is 7.53. The summed E-state index contributed by atoms with van der Waals surface area (Å²) in [4.78, 5) is 44.3. The largest absolute Gasteiger partial charge is 0.324 e. The predicted octanol–water partition coefficient (Wildman–Crippen LogP) is 2.87. The zero-order valence-electron chi connectivity index (χ0n) is 17.3. The summed E-state index contributed by atoms with van der Waals surface area (Å²) in [5.74, 6) is -2.70. The Balaban J connectivity index is 1.57. The van der Waals surface area contributed by atoms with Crippen LogP contribution in [0.1, 0.15) is 29.5 Å². The van der Waals surface area contributed by atoms with Gasteiger partial charge in [0.05, 0.1) is 17.5 Å². The van der Waals surface area contributed by atoms with Crippen molar-refractivity contribution >= 4 is 29.1 Å². The van der Waals surface area contributed by atoms with Crippen molar-refractivity contribution < 1.29 is 18.8 Å². The first-order valence-corrected chi connectivity index (χ1v) is 10.7. The number of amides is 3. The van der Waals surface area contributed by atoms with Crippen LogP contribution in [0.4, 0.5) is 15.8 Å².